The van der Waals surface area contributed by atoms with Crippen LogP contribution in [0.4, 0.5) is 4.39 Å². The van der Waals surface area contributed by atoms with Crippen LogP contribution in [0.1, 0.15) is 43.4 Å². The lowest BCUT2D eigenvalue weighted by Gasteiger charge is -2.32. The van der Waals surface area contributed by atoms with Crippen molar-refractivity contribution in [2.75, 3.05) is 13.2 Å². The molecule has 5 nitrogen and oxygen atoms in total. The summed E-state index contributed by atoms with van der Waals surface area (Å²) in [7, 11) is 0. The first-order valence-corrected chi connectivity index (χ1v) is 12.9. The molecule has 3 rings (SSSR count). The third-order valence-electron chi connectivity index (χ3n) is 6.05. The smallest absolute Gasteiger partial charge is 0.243 e. The van der Waals surface area contributed by atoms with Crippen molar-refractivity contribution < 1.29 is 18.7 Å². The van der Waals surface area contributed by atoms with Gasteiger partial charge in [0, 0.05) is 25.9 Å². The van der Waals surface area contributed by atoms with E-state index in [1.165, 1.54) is 12.1 Å². The Morgan fingerprint density at radius 1 is 0.919 bits per heavy atom. The second-order valence-electron chi connectivity index (χ2n) is 9.76. The van der Waals surface area contributed by atoms with Crippen LogP contribution in [0.5, 0.6) is 5.75 Å². The van der Waals surface area contributed by atoms with E-state index in [1.807, 2.05) is 75.4 Å². The molecular weight excluding hydrogens is 467 g/mol. The summed E-state index contributed by atoms with van der Waals surface area (Å²) in [5.74, 6) is 0.365. The Balaban J connectivity index is 1.77. The largest absolute Gasteiger partial charge is 0.494 e. The van der Waals surface area contributed by atoms with Crippen LogP contribution in [-0.4, -0.2) is 35.9 Å². The topological polar surface area (TPSA) is 58.6 Å². The maximum Gasteiger partial charge on any atom is 0.243 e. The molecule has 0 radical (unpaired) electrons. The van der Waals surface area contributed by atoms with Crippen molar-refractivity contribution in [3.05, 3.63) is 101 Å². The Morgan fingerprint density at radius 3 is 2.24 bits per heavy atom. The first-order valence-electron chi connectivity index (χ1n) is 12.9. The van der Waals surface area contributed by atoms with E-state index in [9.17, 15) is 14.0 Å². The number of rotatable bonds is 13. The molecule has 3 aromatic carbocycles. The van der Waals surface area contributed by atoms with Crippen LogP contribution in [0.15, 0.2) is 78.9 Å². The normalized spacial score (nSPS) is 11.7. The van der Waals surface area contributed by atoms with Crippen molar-refractivity contribution in [3.8, 4) is 5.75 Å². The number of carbonyl (C=O) groups is 2. The quantitative estimate of drug-likeness (QED) is 0.304. The molecule has 3 aromatic rings. The third-order valence-corrected chi connectivity index (χ3v) is 6.05. The zero-order valence-corrected chi connectivity index (χ0v) is 22.0. The summed E-state index contributed by atoms with van der Waals surface area (Å²) in [6.45, 7) is 7.20. The van der Waals surface area contributed by atoms with Gasteiger partial charge in [0.25, 0.3) is 0 Å². The van der Waals surface area contributed by atoms with Gasteiger partial charge in [0.05, 0.1) is 6.61 Å². The lowest BCUT2D eigenvalue weighted by Crippen LogP contribution is -2.51. The molecule has 0 heterocycles. The van der Waals surface area contributed by atoms with Crippen LogP contribution in [0.2, 0.25) is 0 Å². The summed E-state index contributed by atoms with van der Waals surface area (Å²) in [4.78, 5) is 28.6. The molecule has 0 aromatic heterocycles. The molecule has 0 aliphatic carbocycles. The Hall–Kier alpha value is -3.67. The highest BCUT2D eigenvalue weighted by Gasteiger charge is 2.30. The van der Waals surface area contributed by atoms with Crippen molar-refractivity contribution >= 4 is 11.8 Å². The van der Waals surface area contributed by atoms with E-state index in [2.05, 4.69) is 5.32 Å². The molecule has 196 valence electrons. The van der Waals surface area contributed by atoms with Gasteiger partial charge in [-0.15, -0.1) is 0 Å². The second kappa shape index (κ2) is 14.2. The van der Waals surface area contributed by atoms with Gasteiger partial charge in [-0.1, -0.05) is 74.0 Å². The number of hydrogen-bond donors (Lipinski definition) is 1. The van der Waals surface area contributed by atoms with Crippen molar-refractivity contribution in [2.45, 2.75) is 52.6 Å². The zero-order chi connectivity index (χ0) is 26.6. The van der Waals surface area contributed by atoms with Gasteiger partial charge in [0.2, 0.25) is 11.8 Å². The van der Waals surface area contributed by atoms with E-state index in [-0.39, 0.29) is 36.5 Å². The highest BCUT2D eigenvalue weighted by molar-refractivity contribution is 5.88. The highest BCUT2D eigenvalue weighted by atomic mass is 19.1. The minimum Gasteiger partial charge on any atom is -0.494 e. The molecule has 0 spiro atoms. The molecule has 0 bridgehead atoms. The van der Waals surface area contributed by atoms with Crippen LogP contribution >= 0.6 is 0 Å². The van der Waals surface area contributed by atoms with Gasteiger partial charge < -0.3 is 15.0 Å². The van der Waals surface area contributed by atoms with E-state index in [1.54, 1.807) is 17.0 Å². The number of nitrogens with one attached hydrogen (secondary N) is 1. The van der Waals surface area contributed by atoms with Crippen molar-refractivity contribution in [1.82, 2.24) is 10.2 Å². The summed E-state index contributed by atoms with van der Waals surface area (Å²) in [5, 5.41) is 3.01. The van der Waals surface area contributed by atoms with Gasteiger partial charge in [-0.25, -0.2) is 4.39 Å². The molecule has 0 aliphatic rings. The van der Waals surface area contributed by atoms with Crippen molar-refractivity contribution in [1.29, 1.82) is 0 Å². The van der Waals surface area contributed by atoms with Gasteiger partial charge in [-0.3, -0.25) is 9.59 Å². The fourth-order valence-corrected chi connectivity index (χ4v) is 3.95. The summed E-state index contributed by atoms with van der Waals surface area (Å²) in [5.41, 5.74) is 2.88. The van der Waals surface area contributed by atoms with Crippen molar-refractivity contribution in [2.24, 2.45) is 5.92 Å². The molecular formula is C31H37FN2O3. The fourth-order valence-electron chi connectivity index (χ4n) is 3.95. The van der Waals surface area contributed by atoms with Crippen LogP contribution in [0, 0.1) is 18.7 Å². The Bertz CT molecular complexity index is 1120. The minimum atomic E-state index is -0.697. The third kappa shape index (κ3) is 9.37. The lowest BCUT2D eigenvalue weighted by atomic mass is 10.0. The summed E-state index contributed by atoms with van der Waals surface area (Å²) >= 11 is 0. The van der Waals surface area contributed by atoms with E-state index in [0.29, 0.717) is 26.0 Å². The van der Waals surface area contributed by atoms with Crippen LogP contribution in [0.3, 0.4) is 0 Å². The molecule has 2 amide bonds. The molecule has 0 aliphatic heterocycles. The standard InChI is InChI=1S/C31H37FN2O3/c1-23(2)21-33-31(36)29(20-25-8-5-4-6-9-25)34(22-26-13-15-27(32)16-14-26)30(35)10-7-19-37-28-17-11-24(3)12-18-28/h4-6,8-9,11-18,23,29H,7,10,19-22H2,1-3H3,(H,33,36)/t29-/m0/s1. The SMILES string of the molecule is Cc1ccc(OCCCC(=O)N(Cc2ccc(F)cc2)[C@@H](Cc2ccccc2)C(=O)NCC(C)C)cc1. The average molecular weight is 505 g/mol. The zero-order valence-electron chi connectivity index (χ0n) is 22.0. The van der Waals surface area contributed by atoms with Crippen LogP contribution in [-0.2, 0) is 22.6 Å². The summed E-state index contributed by atoms with van der Waals surface area (Å²) < 4.78 is 19.3. The Morgan fingerprint density at radius 2 is 1.59 bits per heavy atom. The minimum absolute atomic E-state index is 0.141. The van der Waals surface area contributed by atoms with Crippen LogP contribution in [0.25, 0.3) is 0 Å². The average Bonchev–Trinajstić information content (AvgIpc) is 2.89. The Kier molecular flexibility index (Phi) is 10.7. The maximum atomic E-state index is 13.6. The highest BCUT2D eigenvalue weighted by Crippen LogP contribution is 2.18. The number of carbonyl (C=O) groups excluding carboxylic acids is 2. The molecule has 6 heteroatoms. The molecule has 0 saturated carbocycles. The van der Waals surface area contributed by atoms with Crippen molar-refractivity contribution in [3.63, 3.8) is 0 Å². The lowest BCUT2D eigenvalue weighted by molar-refractivity contribution is -0.141. The monoisotopic (exact) mass is 504 g/mol. The first-order chi connectivity index (χ1) is 17.8. The summed E-state index contributed by atoms with van der Waals surface area (Å²) in [6, 6.07) is 22.8. The van der Waals surface area contributed by atoms with Gasteiger partial charge in [-0.2, -0.15) is 0 Å². The number of amides is 2. The van der Waals surface area contributed by atoms with Gasteiger partial charge in [0.1, 0.15) is 17.6 Å². The fraction of sp³-hybridized carbons (Fsp3) is 0.355. The first kappa shape index (κ1) is 27.9. The molecule has 0 saturated heterocycles. The number of hydrogen-bond acceptors (Lipinski definition) is 3. The molecule has 1 N–H and O–H groups in total. The molecule has 1 atom stereocenters. The van der Waals surface area contributed by atoms with E-state index >= 15 is 0 Å². The maximum absolute atomic E-state index is 13.6. The van der Waals surface area contributed by atoms with Gasteiger partial charge in [0.15, 0.2) is 0 Å². The predicted molar refractivity (Wildman–Crippen MR) is 145 cm³/mol. The van der Waals surface area contributed by atoms with Crippen LogP contribution < -0.4 is 10.1 Å². The number of benzene rings is 3. The second-order valence-corrected chi connectivity index (χ2v) is 9.76. The summed E-state index contributed by atoms with van der Waals surface area (Å²) in [6.07, 6.45) is 1.13. The Labute approximate surface area is 219 Å². The number of nitrogens with zero attached hydrogens (tertiary/aromatic N) is 1. The molecule has 37 heavy (non-hydrogen) atoms. The van der Waals surface area contributed by atoms with Gasteiger partial charge in [-0.05, 0) is 54.7 Å². The number of ether oxygens (including phenoxy) is 1. The number of aryl methyl sites for hydroxylation is 1. The van der Waals surface area contributed by atoms with Gasteiger partial charge >= 0.3 is 0 Å². The number of halogens is 1. The van der Waals surface area contributed by atoms with E-state index in [4.69, 9.17) is 4.74 Å². The molecule has 0 unspecified atom stereocenters. The van der Waals surface area contributed by atoms with E-state index in [0.717, 1.165) is 22.4 Å². The molecule has 0 fully saturated rings. The predicted octanol–water partition coefficient (Wildman–Crippen LogP) is 5.71. The van der Waals surface area contributed by atoms with E-state index < -0.39 is 6.04 Å².